The van der Waals surface area contributed by atoms with Crippen LogP contribution >= 0.6 is 0 Å². The summed E-state index contributed by atoms with van der Waals surface area (Å²) in [6.07, 6.45) is 21.0. The molecule has 5 heteroatoms. The van der Waals surface area contributed by atoms with Crippen LogP contribution in [0.15, 0.2) is 72.9 Å². The van der Waals surface area contributed by atoms with Crippen LogP contribution in [0.5, 0.6) is 0 Å². The summed E-state index contributed by atoms with van der Waals surface area (Å²) in [4.78, 5) is 10.4. The fourth-order valence-corrected chi connectivity index (χ4v) is 1.94. The first-order valence-corrected chi connectivity index (χ1v) is 9.21. The molecule has 0 saturated carbocycles. The third kappa shape index (κ3) is 17.0. The zero-order valence-corrected chi connectivity index (χ0v) is 15.9. The van der Waals surface area contributed by atoms with E-state index in [2.05, 4.69) is 19.1 Å². The maximum atomic E-state index is 10.4. The number of hydrogen-bond donors (Lipinski definition) is 4. The molecule has 5 nitrogen and oxygen atoms in total. The summed E-state index contributed by atoms with van der Waals surface area (Å²) in [5.74, 6) is -0.930. The van der Waals surface area contributed by atoms with Crippen LogP contribution in [0.1, 0.15) is 39.0 Å². The summed E-state index contributed by atoms with van der Waals surface area (Å²) < 4.78 is 0. The van der Waals surface area contributed by atoms with Gasteiger partial charge in [-0.15, -0.1) is 0 Å². The van der Waals surface area contributed by atoms with Crippen molar-refractivity contribution in [2.24, 2.45) is 0 Å². The summed E-state index contributed by atoms with van der Waals surface area (Å²) in [6.45, 7) is 2.07. The van der Waals surface area contributed by atoms with Gasteiger partial charge in [-0.25, -0.2) is 0 Å². The van der Waals surface area contributed by atoms with Crippen molar-refractivity contribution in [2.45, 2.75) is 57.3 Å². The fourth-order valence-electron chi connectivity index (χ4n) is 1.94. The van der Waals surface area contributed by atoms with Crippen molar-refractivity contribution in [1.82, 2.24) is 0 Å². The second kappa shape index (κ2) is 17.2. The molecular weight excluding hydrogens is 344 g/mol. The first-order valence-electron chi connectivity index (χ1n) is 9.21. The summed E-state index contributed by atoms with van der Waals surface area (Å²) in [5, 5.41) is 37.7. The van der Waals surface area contributed by atoms with Gasteiger partial charge in [0.15, 0.2) is 0 Å². The van der Waals surface area contributed by atoms with Gasteiger partial charge >= 0.3 is 5.97 Å². The Morgan fingerprint density at radius 1 is 0.852 bits per heavy atom. The Labute approximate surface area is 162 Å². The minimum absolute atomic E-state index is 0.0696. The Hall–Kier alpha value is -2.21. The van der Waals surface area contributed by atoms with Crippen LogP contribution < -0.4 is 0 Å². The SMILES string of the molecule is CCC=CCC=CC[C@@H](O)[C@H](O)C=CC=CC=CC=C[C@@H](O)CCC(=O)O. The van der Waals surface area contributed by atoms with Gasteiger partial charge in [0, 0.05) is 6.42 Å². The Bertz CT molecular complexity index is 555. The molecule has 0 aliphatic rings. The van der Waals surface area contributed by atoms with E-state index in [1.54, 1.807) is 36.5 Å². The van der Waals surface area contributed by atoms with E-state index in [4.69, 9.17) is 5.11 Å². The third-order valence-electron chi connectivity index (χ3n) is 3.46. The predicted molar refractivity (Wildman–Crippen MR) is 109 cm³/mol. The molecular formula is C22H32O5. The number of carbonyl (C=O) groups is 1. The Balaban J connectivity index is 4.06. The van der Waals surface area contributed by atoms with E-state index in [0.29, 0.717) is 6.42 Å². The van der Waals surface area contributed by atoms with Crippen LogP contribution in [-0.2, 0) is 4.79 Å². The molecule has 0 aromatic rings. The normalized spacial score (nSPS) is 16.6. The van der Waals surface area contributed by atoms with E-state index >= 15 is 0 Å². The number of carboxylic acids is 1. The first kappa shape index (κ1) is 24.8. The maximum absolute atomic E-state index is 10.4. The molecule has 0 aliphatic heterocycles. The van der Waals surface area contributed by atoms with E-state index < -0.39 is 24.3 Å². The van der Waals surface area contributed by atoms with Gasteiger partial charge in [0.05, 0.1) is 18.3 Å². The van der Waals surface area contributed by atoms with E-state index in [9.17, 15) is 20.1 Å². The molecule has 0 heterocycles. The molecule has 0 rings (SSSR count). The highest BCUT2D eigenvalue weighted by Crippen LogP contribution is 2.03. The third-order valence-corrected chi connectivity index (χ3v) is 3.46. The Morgan fingerprint density at radius 3 is 2.07 bits per heavy atom. The Morgan fingerprint density at radius 2 is 1.44 bits per heavy atom. The number of aliphatic hydroxyl groups is 3. The lowest BCUT2D eigenvalue weighted by molar-refractivity contribution is -0.137. The zero-order chi connectivity index (χ0) is 20.3. The molecule has 4 N–H and O–H groups in total. The zero-order valence-electron chi connectivity index (χ0n) is 15.9. The van der Waals surface area contributed by atoms with Crippen LogP contribution in [0, 0.1) is 0 Å². The Kier molecular flexibility index (Phi) is 15.8. The molecule has 0 radical (unpaired) electrons. The highest BCUT2D eigenvalue weighted by atomic mass is 16.4. The molecule has 150 valence electrons. The van der Waals surface area contributed by atoms with Gasteiger partial charge in [-0.05, 0) is 25.7 Å². The maximum Gasteiger partial charge on any atom is 0.303 e. The highest BCUT2D eigenvalue weighted by molar-refractivity contribution is 5.66. The summed E-state index contributed by atoms with van der Waals surface area (Å²) in [6, 6.07) is 0. The van der Waals surface area contributed by atoms with Gasteiger partial charge < -0.3 is 20.4 Å². The number of carboxylic acid groups (broad SMARTS) is 1. The predicted octanol–water partition coefficient (Wildman–Crippen LogP) is 3.46. The molecule has 0 spiro atoms. The second-order valence-corrected chi connectivity index (χ2v) is 5.92. The van der Waals surface area contributed by atoms with Gasteiger partial charge in [-0.3, -0.25) is 4.79 Å². The van der Waals surface area contributed by atoms with Crippen molar-refractivity contribution in [3.8, 4) is 0 Å². The van der Waals surface area contributed by atoms with Gasteiger partial charge in [0.25, 0.3) is 0 Å². The average molecular weight is 376 g/mol. The molecule has 0 aromatic heterocycles. The summed E-state index contributed by atoms with van der Waals surface area (Å²) in [7, 11) is 0. The van der Waals surface area contributed by atoms with Gasteiger partial charge in [-0.1, -0.05) is 79.8 Å². The molecule has 0 fully saturated rings. The smallest absolute Gasteiger partial charge is 0.303 e. The highest BCUT2D eigenvalue weighted by Gasteiger charge is 2.10. The van der Waals surface area contributed by atoms with Gasteiger partial charge in [0.1, 0.15) is 0 Å². The second-order valence-electron chi connectivity index (χ2n) is 5.92. The van der Waals surface area contributed by atoms with Crippen LogP contribution in [0.4, 0.5) is 0 Å². The number of aliphatic carboxylic acids is 1. The molecule has 0 aromatic carbocycles. The quantitative estimate of drug-likeness (QED) is 0.275. The minimum atomic E-state index is -0.932. The van der Waals surface area contributed by atoms with Crippen LogP contribution in [-0.4, -0.2) is 44.7 Å². The largest absolute Gasteiger partial charge is 0.481 e. The molecule has 0 saturated heterocycles. The molecule has 0 bridgehead atoms. The standard InChI is InChI=1S/C22H32O5/c1-2-3-4-5-9-12-15-20(24)21(25)16-13-10-7-6-8-11-14-19(23)17-18-22(26)27/h3-4,6-14,16,19-21,23-25H,2,5,15,17-18H2,1H3,(H,26,27)/t19-,20-,21-/m1/s1. The number of rotatable bonds is 14. The van der Waals surface area contributed by atoms with Crippen LogP contribution in [0.25, 0.3) is 0 Å². The monoisotopic (exact) mass is 376 g/mol. The lowest BCUT2D eigenvalue weighted by Gasteiger charge is -2.11. The lowest BCUT2D eigenvalue weighted by atomic mass is 10.1. The lowest BCUT2D eigenvalue weighted by Crippen LogP contribution is -2.22. The molecule has 0 aliphatic carbocycles. The van der Waals surface area contributed by atoms with Gasteiger partial charge in [0.2, 0.25) is 0 Å². The summed E-state index contributed by atoms with van der Waals surface area (Å²) >= 11 is 0. The van der Waals surface area contributed by atoms with Crippen molar-refractivity contribution in [1.29, 1.82) is 0 Å². The van der Waals surface area contributed by atoms with E-state index in [-0.39, 0.29) is 12.8 Å². The van der Waals surface area contributed by atoms with Crippen molar-refractivity contribution in [3.63, 3.8) is 0 Å². The minimum Gasteiger partial charge on any atom is -0.481 e. The first-order chi connectivity index (χ1) is 13.0. The topological polar surface area (TPSA) is 98.0 Å². The van der Waals surface area contributed by atoms with Gasteiger partial charge in [-0.2, -0.15) is 0 Å². The van der Waals surface area contributed by atoms with E-state index in [1.165, 1.54) is 12.2 Å². The molecule has 27 heavy (non-hydrogen) atoms. The van der Waals surface area contributed by atoms with E-state index in [0.717, 1.165) is 12.8 Å². The molecule has 0 amide bonds. The summed E-state index contributed by atoms with van der Waals surface area (Å²) in [5.41, 5.74) is 0. The van der Waals surface area contributed by atoms with Crippen LogP contribution in [0.2, 0.25) is 0 Å². The molecule has 3 atom stereocenters. The van der Waals surface area contributed by atoms with Crippen molar-refractivity contribution in [3.05, 3.63) is 72.9 Å². The fraction of sp³-hybridized carbons (Fsp3) is 0.409. The van der Waals surface area contributed by atoms with Crippen molar-refractivity contribution >= 4 is 5.97 Å². The van der Waals surface area contributed by atoms with Crippen molar-refractivity contribution < 1.29 is 25.2 Å². The van der Waals surface area contributed by atoms with Crippen LogP contribution in [0.3, 0.4) is 0 Å². The number of allylic oxidation sites excluding steroid dienone is 9. The van der Waals surface area contributed by atoms with E-state index in [1.807, 2.05) is 12.2 Å². The van der Waals surface area contributed by atoms with Crippen molar-refractivity contribution in [2.75, 3.05) is 0 Å². The number of hydrogen-bond acceptors (Lipinski definition) is 4. The number of aliphatic hydroxyl groups excluding tert-OH is 3. The average Bonchev–Trinajstić information content (AvgIpc) is 2.64. The molecule has 0 unspecified atom stereocenters.